The van der Waals surface area contributed by atoms with Crippen molar-refractivity contribution in [1.29, 1.82) is 0 Å². The molecule has 0 spiro atoms. The average Bonchev–Trinajstić information content (AvgIpc) is 2.40. The van der Waals surface area contributed by atoms with Gasteiger partial charge in [0.1, 0.15) is 18.0 Å². The molecule has 0 bridgehead atoms. The lowest BCUT2D eigenvalue weighted by atomic mass is 10.3. The van der Waals surface area contributed by atoms with E-state index in [0.29, 0.717) is 6.61 Å². The number of hydrogen-bond donors (Lipinski definition) is 1. The molecule has 0 unspecified atom stereocenters. The third-order valence-corrected chi connectivity index (χ3v) is 3.09. The molecule has 1 saturated heterocycles. The van der Waals surface area contributed by atoms with E-state index in [2.05, 4.69) is 32.1 Å². The van der Waals surface area contributed by atoms with Gasteiger partial charge in [0.05, 0.1) is 6.61 Å². The second-order valence-electron chi connectivity index (χ2n) is 4.47. The third-order valence-electron chi connectivity index (χ3n) is 3.09. The van der Waals surface area contributed by atoms with Crippen molar-refractivity contribution in [3.8, 4) is 0 Å². The van der Waals surface area contributed by atoms with E-state index in [1.807, 2.05) is 6.07 Å². The van der Waals surface area contributed by atoms with Crippen molar-refractivity contribution in [1.82, 2.24) is 14.9 Å². The summed E-state index contributed by atoms with van der Waals surface area (Å²) >= 11 is 0. The predicted molar refractivity (Wildman–Crippen MR) is 72.1 cm³/mol. The first-order valence-electron chi connectivity index (χ1n) is 6.28. The molecule has 1 N–H and O–H groups in total. The van der Waals surface area contributed by atoms with Gasteiger partial charge in [-0.05, 0) is 7.05 Å². The van der Waals surface area contributed by atoms with Crippen LogP contribution in [0.3, 0.4) is 0 Å². The van der Waals surface area contributed by atoms with Crippen LogP contribution < -0.4 is 10.2 Å². The molecule has 0 amide bonds. The van der Waals surface area contributed by atoms with Gasteiger partial charge in [-0.3, -0.25) is 0 Å². The first kappa shape index (κ1) is 13.0. The van der Waals surface area contributed by atoms with Crippen molar-refractivity contribution >= 4 is 11.6 Å². The molecule has 1 fully saturated rings. The van der Waals surface area contributed by atoms with Crippen LogP contribution in [0.5, 0.6) is 0 Å². The van der Waals surface area contributed by atoms with Gasteiger partial charge < -0.3 is 19.9 Å². The Hall–Kier alpha value is -1.40. The van der Waals surface area contributed by atoms with Gasteiger partial charge in [-0.15, -0.1) is 0 Å². The molecule has 1 aromatic heterocycles. The van der Waals surface area contributed by atoms with Crippen molar-refractivity contribution in [3.63, 3.8) is 0 Å². The number of anilines is 2. The highest BCUT2D eigenvalue weighted by Gasteiger charge is 2.15. The normalized spacial score (nSPS) is 16.9. The Labute approximate surface area is 108 Å². The van der Waals surface area contributed by atoms with Crippen LogP contribution in [-0.2, 0) is 4.74 Å². The van der Waals surface area contributed by atoms with E-state index in [9.17, 15) is 0 Å². The van der Waals surface area contributed by atoms with Gasteiger partial charge >= 0.3 is 0 Å². The number of hydrogen-bond acceptors (Lipinski definition) is 6. The molecule has 0 aliphatic carbocycles. The van der Waals surface area contributed by atoms with E-state index in [1.165, 1.54) is 0 Å². The zero-order valence-electron chi connectivity index (χ0n) is 11.1. The minimum absolute atomic E-state index is 0.674. The van der Waals surface area contributed by atoms with Crippen LogP contribution in [0, 0.1) is 0 Å². The van der Waals surface area contributed by atoms with E-state index in [1.54, 1.807) is 13.4 Å². The van der Waals surface area contributed by atoms with Crippen LogP contribution in [0.4, 0.5) is 11.6 Å². The molecular formula is C12H21N5O. The van der Waals surface area contributed by atoms with Crippen molar-refractivity contribution in [2.75, 3.05) is 63.7 Å². The Morgan fingerprint density at radius 1 is 1.28 bits per heavy atom. The Morgan fingerprint density at radius 2 is 2.06 bits per heavy atom. The SMILES string of the molecule is COCCNc1cc(N2CCN(C)CC2)ncn1. The van der Waals surface area contributed by atoms with Crippen LogP contribution in [0.2, 0.25) is 0 Å². The largest absolute Gasteiger partial charge is 0.383 e. The van der Waals surface area contributed by atoms with Gasteiger partial charge in [0.15, 0.2) is 0 Å². The van der Waals surface area contributed by atoms with E-state index in [4.69, 9.17) is 4.74 Å². The summed E-state index contributed by atoms with van der Waals surface area (Å²) in [6.45, 7) is 5.63. The molecule has 0 aromatic carbocycles. The zero-order chi connectivity index (χ0) is 12.8. The number of ether oxygens (including phenoxy) is 1. The Balaban J connectivity index is 1.94. The van der Waals surface area contributed by atoms with Gasteiger partial charge in [-0.25, -0.2) is 9.97 Å². The molecule has 18 heavy (non-hydrogen) atoms. The maximum Gasteiger partial charge on any atom is 0.134 e. The number of methoxy groups -OCH3 is 1. The molecule has 2 heterocycles. The van der Waals surface area contributed by atoms with Crippen molar-refractivity contribution in [2.24, 2.45) is 0 Å². The van der Waals surface area contributed by atoms with Crippen LogP contribution >= 0.6 is 0 Å². The fourth-order valence-electron chi connectivity index (χ4n) is 1.93. The fourth-order valence-corrected chi connectivity index (χ4v) is 1.93. The van der Waals surface area contributed by atoms with Crippen molar-refractivity contribution in [3.05, 3.63) is 12.4 Å². The van der Waals surface area contributed by atoms with E-state index in [-0.39, 0.29) is 0 Å². The quantitative estimate of drug-likeness (QED) is 0.759. The molecular weight excluding hydrogens is 230 g/mol. The van der Waals surface area contributed by atoms with E-state index < -0.39 is 0 Å². The minimum Gasteiger partial charge on any atom is -0.383 e. The molecule has 0 radical (unpaired) electrons. The number of rotatable bonds is 5. The number of nitrogens with one attached hydrogen (secondary N) is 1. The van der Waals surface area contributed by atoms with Crippen LogP contribution in [0.1, 0.15) is 0 Å². The van der Waals surface area contributed by atoms with Gasteiger partial charge in [0.25, 0.3) is 0 Å². The monoisotopic (exact) mass is 251 g/mol. The van der Waals surface area contributed by atoms with Gasteiger partial charge in [-0.1, -0.05) is 0 Å². The molecule has 2 rings (SSSR count). The summed E-state index contributed by atoms with van der Waals surface area (Å²) in [6.07, 6.45) is 1.61. The van der Waals surface area contributed by atoms with Crippen LogP contribution in [-0.4, -0.2) is 68.4 Å². The summed E-state index contributed by atoms with van der Waals surface area (Å²) in [6, 6.07) is 2.00. The highest BCUT2D eigenvalue weighted by atomic mass is 16.5. The van der Waals surface area contributed by atoms with Crippen molar-refractivity contribution < 1.29 is 4.74 Å². The highest BCUT2D eigenvalue weighted by molar-refractivity contribution is 5.48. The maximum atomic E-state index is 5.00. The van der Waals surface area contributed by atoms with Crippen molar-refractivity contribution in [2.45, 2.75) is 0 Å². The molecule has 1 aliphatic heterocycles. The first-order valence-corrected chi connectivity index (χ1v) is 6.28. The predicted octanol–water partition coefficient (Wildman–Crippen LogP) is 0.287. The average molecular weight is 251 g/mol. The van der Waals surface area contributed by atoms with E-state index in [0.717, 1.165) is 44.4 Å². The summed E-state index contributed by atoms with van der Waals surface area (Å²) in [7, 11) is 3.84. The molecule has 1 aromatic rings. The highest BCUT2D eigenvalue weighted by Crippen LogP contribution is 2.15. The minimum atomic E-state index is 0.674. The topological polar surface area (TPSA) is 53.5 Å². The molecule has 6 nitrogen and oxygen atoms in total. The molecule has 100 valence electrons. The third kappa shape index (κ3) is 3.54. The molecule has 1 aliphatic rings. The zero-order valence-corrected chi connectivity index (χ0v) is 11.1. The Morgan fingerprint density at radius 3 is 2.78 bits per heavy atom. The second kappa shape index (κ2) is 6.51. The lowest BCUT2D eigenvalue weighted by Crippen LogP contribution is -2.44. The van der Waals surface area contributed by atoms with Crippen LogP contribution in [0.15, 0.2) is 12.4 Å². The van der Waals surface area contributed by atoms with Crippen LogP contribution in [0.25, 0.3) is 0 Å². The molecule has 0 atom stereocenters. The first-order chi connectivity index (χ1) is 8.79. The lowest BCUT2D eigenvalue weighted by molar-refractivity contribution is 0.210. The Kier molecular flexibility index (Phi) is 4.72. The standard InChI is InChI=1S/C12H21N5O/c1-16-4-6-17(7-5-16)12-9-11(14-10-15-12)13-3-8-18-2/h9-10H,3-8H2,1-2H3,(H,13,14,15). The van der Waals surface area contributed by atoms with Gasteiger partial charge in [0.2, 0.25) is 0 Å². The smallest absolute Gasteiger partial charge is 0.134 e. The van der Waals surface area contributed by atoms with Gasteiger partial charge in [0, 0.05) is 45.9 Å². The fraction of sp³-hybridized carbons (Fsp3) is 0.667. The summed E-state index contributed by atoms with van der Waals surface area (Å²) in [5.41, 5.74) is 0. The number of likely N-dealkylation sites (N-methyl/N-ethyl adjacent to an activating group) is 1. The lowest BCUT2D eigenvalue weighted by Gasteiger charge is -2.33. The summed E-state index contributed by atoms with van der Waals surface area (Å²) in [5.74, 6) is 1.86. The van der Waals surface area contributed by atoms with E-state index >= 15 is 0 Å². The number of nitrogens with zero attached hydrogens (tertiary/aromatic N) is 4. The summed E-state index contributed by atoms with van der Waals surface area (Å²) in [5, 5.41) is 3.22. The van der Waals surface area contributed by atoms with Gasteiger partial charge in [-0.2, -0.15) is 0 Å². The number of aromatic nitrogens is 2. The summed E-state index contributed by atoms with van der Waals surface area (Å²) in [4.78, 5) is 13.2. The second-order valence-corrected chi connectivity index (χ2v) is 4.47. The summed E-state index contributed by atoms with van der Waals surface area (Å²) < 4.78 is 5.00. The maximum absolute atomic E-state index is 5.00. The Bertz CT molecular complexity index is 365. The number of piperazine rings is 1. The molecule has 0 saturated carbocycles. The molecule has 6 heteroatoms.